The number of carbonyl (C=O) groups excluding carboxylic acids is 2. The van der Waals surface area contributed by atoms with Crippen LogP contribution in [-0.2, 0) is 25.4 Å². The Balaban J connectivity index is 1.98. The average molecular weight is 405 g/mol. The van der Waals surface area contributed by atoms with Crippen molar-refractivity contribution in [3.05, 3.63) is 34.9 Å². The highest BCUT2D eigenvalue weighted by Crippen LogP contribution is 2.13. The number of carbonyl (C=O) groups is 2. The molecule has 29 heavy (non-hydrogen) atoms. The number of nitrogens with one attached hydrogen (secondary N) is 1. The highest BCUT2D eigenvalue weighted by Gasteiger charge is 2.29. The maximum Gasteiger partial charge on any atom is 0.417 e. The third kappa shape index (κ3) is 6.42. The van der Waals surface area contributed by atoms with Crippen LogP contribution in [0.1, 0.15) is 54.8 Å². The van der Waals surface area contributed by atoms with E-state index in [1.54, 1.807) is 38.6 Å². The van der Waals surface area contributed by atoms with Crippen molar-refractivity contribution >= 4 is 12.0 Å². The third-order valence-electron chi connectivity index (χ3n) is 4.33. The van der Waals surface area contributed by atoms with Crippen LogP contribution in [0.15, 0.2) is 12.1 Å². The summed E-state index contributed by atoms with van der Waals surface area (Å²) in [5.41, 5.74) is 2.42. The smallest absolute Gasteiger partial charge is 0.417 e. The molecular formula is C20H32N6O3. The van der Waals surface area contributed by atoms with Crippen molar-refractivity contribution in [1.82, 2.24) is 29.8 Å². The lowest BCUT2D eigenvalue weighted by Gasteiger charge is -2.25. The molecule has 1 N–H and O–H groups in total. The Morgan fingerprint density at radius 2 is 1.83 bits per heavy atom. The summed E-state index contributed by atoms with van der Waals surface area (Å²) in [6, 6.07) is 3.69. The van der Waals surface area contributed by atoms with Gasteiger partial charge < -0.3 is 10.1 Å². The summed E-state index contributed by atoms with van der Waals surface area (Å²) in [6.45, 7) is 10.7. The molecule has 9 nitrogen and oxygen atoms in total. The van der Waals surface area contributed by atoms with E-state index in [2.05, 4.69) is 15.5 Å². The van der Waals surface area contributed by atoms with Crippen molar-refractivity contribution in [2.45, 2.75) is 53.2 Å². The summed E-state index contributed by atoms with van der Waals surface area (Å²) in [4.78, 5) is 26.6. The van der Waals surface area contributed by atoms with E-state index < -0.39 is 17.6 Å². The lowest BCUT2D eigenvalue weighted by molar-refractivity contribution is 0.0237. The standard InChI is InChI=1S/C20H32N6O3/c1-14-11-16(25(7)22-14)13-21-9-8-10-26(19(28)29-20(3,4)5)18(27)17-12-15(2)24(6)23-17/h11-12,21H,8-10,13H2,1-7H3. The lowest BCUT2D eigenvalue weighted by atomic mass is 10.2. The van der Waals surface area contributed by atoms with Gasteiger partial charge in [-0.15, -0.1) is 0 Å². The van der Waals surface area contributed by atoms with Gasteiger partial charge in [0.2, 0.25) is 0 Å². The summed E-state index contributed by atoms with van der Waals surface area (Å²) in [5.74, 6) is -0.454. The Kier molecular flexibility index (Phi) is 7.18. The topological polar surface area (TPSA) is 94.3 Å². The molecule has 0 aliphatic carbocycles. The van der Waals surface area contributed by atoms with Gasteiger partial charge in [-0.05, 0) is 59.7 Å². The molecule has 9 heteroatoms. The molecule has 2 aromatic heterocycles. The molecule has 0 aliphatic rings. The molecule has 2 heterocycles. The van der Waals surface area contributed by atoms with Gasteiger partial charge >= 0.3 is 6.09 Å². The number of hydrogen-bond donors (Lipinski definition) is 1. The monoisotopic (exact) mass is 404 g/mol. The number of amides is 2. The molecular weight excluding hydrogens is 372 g/mol. The number of hydrogen-bond acceptors (Lipinski definition) is 6. The van der Waals surface area contributed by atoms with Gasteiger partial charge in [0.05, 0.1) is 11.4 Å². The van der Waals surface area contributed by atoms with Gasteiger partial charge in [-0.3, -0.25) is 14.2 Å². The maximum absolute atomic E-state index is 12.9. The molecule has 0 atom stereocenters. The number of aryl methyl sites for hydroxylation is 4. The predicted octanol–water partition coefficient (Wildman–Crippen LogP) is 2.33. The fraction of sp³-hybridized carbons (Fsp3) is 0.600. The highest BCUT2D eigenvalue weighted by atomic mass is 16.6. The number of ether oxygens (including phenoxy) is 1. The first-order valence-electron chi connectivity index (χ1n) is 9.73. The van der Waals surface area contributed by atoms with Gasteiger partial charge in [0, 0.05) is 32.9 Å². The Morgan fingerprint density at radius 3 is 2.34 bits per heavy atom. The van der Waals surface area contributed by atoms with E-state index in [4.69, 9.17) is 4.74 Å². The molecule has 160 valence electrons. The molecule has 0 saturated carbocycles. The van der Waals surface area contributed by atoms with Gasteiger partial charge in [-0.25, -0.2) is 9.69 Å². The second-order valence-corrected chi connectivity index (χ2v) is 8.16. The first-order valence-corrected chi connectivity index (χ1v) is 9.73. The zero-order valence-corrected chi connectivity index (χ0v) is 18.4. The van der Waals surface area contributed by atoms with Gasteiger partial charge in [-0.2, -0.15) is 10.2 Å². The normalized spacial score (nSPS) is 11.6. The molecule has 0 spiro atoms. The van der Waals surface area contributed by atoms with Gasteiger partial charge in [0.25, 0.3) is 5.91 Å². The fourth-order valence-electron chi connectivity index (χ4n) is 2.80. The second-order valence-electron chi connectivity index (χ2n) is 8.16. The zero-order chi connectivity index (χ0) is 21.8. The molecule has 0 aromatic carbocycles. The summed E-state index contributed by atoms with van der Waals surface area (Å²) in [6.07, 6.45) is -0.0683. The number of imide groups is 1. The third-order valence-corrected chi connectivity index (χ3v) is 4.33. The van der Waals surface area contributed by atoms with Crippen molar-refractivity contribution in [3.63, 3.8) is 0 Å². The van der Waals surface area contributed by atoms with Crippen LogP contribution in [0, 0.1) is 13.8 Å². The minimum Gasteiger partial charge on any atom is -0.443 e. The number of rotatable bonds is 7. The van der Waals surface area contributed by atoms with E-state index in [9.17, 15) is 9.59 Å². The van der Waals surface area contributed by atoms with Crippen molar-refractivity contribution in [2.75, 3.05) is 13.1 Å². The first-order chi connectivity index (χ1) is 13.5. The average Bonchev–Trinajstić information content (AvgIpc) is 3.09. The van der Waals surface area contributed by atoms with E-state index in [0.717, 1.165) is 22.0 Å². The minimum absolute atomic E-state index is 0.231. The summed E-state index contributed by atoms with van der Waals surface area (Å²) < 4.78 is 8.87. The summed E-state index contributed by atoms with van der Waals surface area (Å²) in [7, 11) is 3.66. The summed E-state index contributed by atoms with van der Waals surface area (Å²) >= 11 is 0. The van der Waals surface area contributed by atoms with E-state index in [1.807, 2.05) is 31.6 Å². The van der Waals surface area contributed by atoms with Crippen molar-refractivity contribution < 1.29 is 14.3 Å². The molecule has 0 unspecified atom stereocenters. The van der Waals surface area contributed by atoms with Gasteiger partial charge in [0.15, 0.2) is 5.69 Å². The Labute approximate surface area is 172 Å². The van der Waals surface area contributed by atoms with Crippen LogP contribution in [0.5, 0.6) is 0 Å². The summed E-state index contributed by atoms with van der Waals surface area (Å²) in [5, 5.41) is 11.8. The van der Waals surface area contributed by atoms with Crippen LogP contribution in [0.2, 0.25) is 0 Å². The van der Waals surface area contributed by atoms with Crippen molar-refractivity contribution in [1.29, 1.82) is 0 Å². The predicted molar refractivity (Wildman–Crippen MR) is 109 cm³/mol. The van der Waals surface area contributed by atoms with Gasteiger partial charge in [0.1, 0.15) is 5.60 Å². The lowest BCUT2D eigenvalue weighted by Crippen LogP contribution is -2.42. The Hall–Kier alpha value is -2.68. The molecule has 0 fully saturated rings. The van der Waals surface area contributed by atoms with Crippen molar-refractivity contribution in [2.24, 2.45) is 14.1 Å². The molecule has 0 radical (unpaired) electrons. The molecule has 0 aliphatic heterocycles. The number of aromatic nitrogens is 4. The molecule has 2 aromatic rings. The van der Waals surface area contributed by atoms with E-state index in [-0.39, 0.29) is 12.2 Å². The molecule has 0 bridgehead atoms. The van der Waals surface area contributed by atoms with Crippen LogP contribution < -0.4 is 5.32 Å². The van der Waals surface area contributed by atoms with Crippen LogP contribution in [-0.4, -0.2) is 55.2 Å². The van der Waals surface area contributed by atoms with Crippen LogP contribution in [0.25, 0.3) is 0 Å². The maximum atomic E-state index is 12.9. The van der Waals surface area contributed by atoms with E-state index in [1.165, 1.54) is 0 Å². The van der Waals surface area contributed by atoms with Crippen molar-refractivity contribution in [3.8, 4) is 0 Å². The Morgan fingerprint density at radius 1 is 1.14 bits per heavy atom. The van der Waals surface area contributed by atoms with Crippen LogP contribution in [0.3, 0.4) is 0 Å². The van der Waals surface area contributed by atoms with E-state index in [0.29, 0.717) is 19.5 Å². The molecule has 2 amide bonds. The van der Waals surface area contributed by atoms with Crippen LogP contribution in [0.4, 0.5) is 4.79 Å². The zero-order valence-electron chi connectivity index (χ0n) is 18.4. The largest absolute Gasteiger partial charge is 0.443 e. The highest BCUT2D eigenvalue weighted by molar-refractivity contribution is 6.01. The SMILES string of the molecule is Cc1cc(CNCCCN(C(=O)OC(C)(C)C)C(=O)c2cc(C)n(C)n2)n(C)n1. The second kappa shape index (κ2) is 9.21. The number of nitrogens with zero attached hydrogens (tertiary/aromatic N) is 5. The van der Waals surface area contributed by atoms with Crippen LogP contribution >= 0.6 is 0 Å². The first kappa shape index (κ1) is 22.6. The quantitative estimate of drug-likeness (QED) is 0.712. The molecule has 2 rings (SSSR count). The van der Waals surface area contributed by atoms with Gasteiger partial charge in [-0.1, -0.05) is 0 Å². The fourth-order valence-corrected chi connectivity index (χ4v) is 2.80. The van der Waals surface area contributed by atoms with E-state index >= 15 is 0 Å². The molecule has 0 saturated heterocycles. The minimum atomic E-state index is -0.689. The Bertz CT molecular complexity index is 843.